The SMILES string of the molecule is COc1cc(-c2nc(C3CC3)cc(=O)[nH]2)cc(Cl)c1OC. The highest BCUT2D eigenvalue weighted by atomic mass is 35.5. The highest BCUT2D eigenvalue weighted by Gasteiger charge is 2.26. The van der Waals surface area contributed by atoms with Gasteiger partial charge in [-0.05, 0) is 25.0 Å². The van der Waals surface area contributed by atoms with Gasteiger partial charge in [-0.15, -0.1) is 0 Å². The smallest absolute Gasteiger partial charge is 0.251 e. The lowest BCUT2D eigenvalue weighted by Crippen LogP contribution is -2.10. The van der Waals surface area contributed by atoms with E-state index >= 15 is 0 Å². The van der Waals surface area contributed by atoms with Crippen LogP contribution >= 0.6 is 11.6 Å². The van der Waals surface area contributed by atoms with E-state index in [9.17, 15) is 4.79 Å². The van der Waals surface area contributed by atoms with Crippen LogP contribution in [0.5, 0.6) is 11.5 Å². The average Bonchev–Trinajstić information content (AvgIpc) is 3.30. The van der Waals surface area contributed by atoms with Crippen LogP contribution in [0.4, 0.5) is 0 Å². The maximum Gasteiger partial charge on any atom is 0.251 e. The number of hydrogen-bond donors (Lipinski definition) is 1. The van der Waals surface area contributed by atoms with Gasteiger partial charge in [0.2, 0.25) is 0 Å². The Morgan fingerprint density at radius 1 is 1.24 bits per heavy atom. The molecule has 110 valence electrons. The Kier molecular flexibility index (Phi) is 3.59. The Balaban J connectivity index is 2.12. The molecule has 5 nitrogen and oxygen atoms in total. The molecule has 0 unspecified atom stereocenters. The summed E-state index contributed by atoms with van der Waals surface area (Å²) >= 11 is 6.19. The monoisotopic (exact) mass is 306 g/mol. The van der Waals surface area contributed by atoms with Gasteiger partial charge in [-0.25, -0.2) is 4.98 Å². The Morgan fingerprint density at radius 3 is 2.62 bits per heavy atom. The number of nitrogens with one attached hydrogen (secondary N) is 1. The summed E-state index contributed by atoms with van der Waals surface area (Å²) in [6.07, 6.45) is 2.17. The number of benzene rings is 1. The number of ether oxygens (including phenoxy) is 2. The minimum atomic E-state index is -0.159. The highest BCUT2D eigenvalue weighted by molar-refractivity contribution is 6.32. The van der Waals surface area contributed by atoms with E-state index in [-0.39, 0.29) is 5.56 Å². The van der Waals surface area contributed by atoms with Gasteiger partial charge in [0.15, 0.2) is 11.5 Å². The molecule has 21 heavy (non-hydrogen) atoms. The third kappa shape index (κ3) is 2.74. The lowest BCUT2D eigenvalue weighted by molar-refractivity contribution is 0.355. The second kappa shape index (κ2) is 5.41. The first-order valence-electron chi connectivity index (χ1n) is 6.65. The molecule has 3 rings (SSSR count). The van der Waals surface area contributed by atoms with Crippen molar-refractivity contribution in [1.29, 1.82) is 0 Å². The van der Waals surface area contributed by atoms with Crippen molar-refractivity contribution in [3.05, 3.63) is 39.3 Å². The minimum Gasteiger partial charge on any atom is -0.493 e. The molecule has 1 fully saturated rings. The lowest BCUT2D eigenvalue weighted by Gasteiger charge is -2.11. The molecule has 6 heteroatoms. The molecule has 0 amide bonds. The molecule has 0 radical (unpaired) electrons. The van der Waals surface area contributed by atoms with Gasteiger partial charge < -0.3 is 14.5 Å². The minimum absolute atomic E-state index is 0.159. The molecular weight excluding hydrogens is 292 g/mol. The molecule has 1 aromatic heterocycles. The van der Waals surface area contributed by atoms with Crippen molar-refractivity contribution in [2.24, 2.45) is 0 Å². The van der Waals surface area contributed by atoms with Crippen molar-refractivity contribution in [2.45, 2.75) is 18.8 Å². The average molecular weight is 307 g/mol. The molecule has 0 saturated heterocycles. The third-order valence-electron chi connectivity index (χ3n) is 3.46. The predicted molar refractivity (Wildman–Crippen MR) is 80.4 cm³/mol. The van der Waals surface area contributed by atoms with E-state index in [1.54, 1.807) is 18.2 Å². The number of nitrogens with zero attached hydrogens (tertiary/aromatic N) is 1. The number of H-pyrrole nitrogens is 1. The van der Waals surface area contributed by atoms with Gasteiger partial charge in [-0.3, -0.25) is 4.79 Å². The summed E-state index contributed by atoms with van der Waals surface area (Å²) in [4.78, 5) is 19.1. The molecule has 1 N–H and O–H groups in total. The molecule has 1 aromatic carbocycles. The second-order valence-corrected chi connectivity index (χ2v) is 5.39. The van der Waals surface area contributed by atoms with Crippen molar-refractivity contribution in [3.63, 3.8) is 0 Å². The zero-order valence-electron chi connectivity index (χ0n) is 11.8. The summed E-state index contributed by atoms with van der Waals surface area (Å²) in [5.41, 5.74) is 1.37. The van der Waals surface area contributed by atoms with Gasteiger partial charge in [0.05, 0.1) is 24.9 Å². The van der Waals surface area contributed by atoms with E-state index in [2.05, 4.69) is 9.97 Å². The van der Waals surface area contributed by atoms with E-state index < -0.39 is 0 Å². The van der Waals surface area contributed by atoms with Crippen LogP contribution in [0.2, 0.25) is 5.02 Å². The maximum absolute atomic E-state index is 11.8. The first kappa shape index (κ1) is 13.9. The molecule has 0 spiro atoms. The summed E-state index contributed by atoms with van der Waals surface area (Å²) < 4.78 is 10.5. The molecule has 0 bridgehead atoms. The topological polar surface area (TPSA) is 64.2 Å². The summed E-state index contributed by atoms with van der Waals surface area (Å²) in [5, 5.41) is 0.409. The number of halogens is 1. The molecule has 1 aliphatic carbocycles. The fraction of sp³-hybridized carbons (Fsp3) is 0.333. The molecule has 2 aromatic rings. The number of aromatic amines is 1. The van der Waals surface area contributed by atoms with Crippen LogP contribution in [0.1, 0.15) is 24.5 Å². The second-order valence-electron chi connectivity index (χ2n) is 4.99. The quantitative estimate of drug-likeness (QED) is 0.943. The Bertz CT molecular complexity index is 738. The van der Waals surface area contributed by atoms with E-state index in [4.69, 9.17) is 21.1 Å². The highest BCUT2D eigenvalue weighted by Crippen LogP contribution is 2.40. The van der Waals surface area contributed by atoms with Gasteiger partial charge >= 0.3 is 0 Å². The van der Waals surface area contributed by atoms with Crippen LogP contribution in [0.25, 0.3) is 11.4 Å². The Morgan fingerprint density at radius 2 is 2.00 bits per heavy atom. The van der Waals surface area contributed by atoms with Crippen LogP contribution in [0.15, 0.2) is 23.0 Å². The van der Waals surface area contributed by atoms with Crippen molar-refractivity contribution in [2.75, 3.05) is 14.2 Å². The van der Waals surface area contributed by atoms with Crippen LogP contribution in [-0.2, 0) is 0 Å². The van der Waals surface area contributed by atoms with Crippen molar-refractivity contribution >= 4 is 11.6 Å². The van der Waals surface area contributed by atoms with E-state index in [0.29, 0.717) is 33.8 Å². The Hall–Kier alpha value is -2.01. The number of aromatic nitrogens is 2. The van der Waals surface area contributed by atoms with E-state index in [1.807, 2.05) is 0 Å². The van der Waals surface area contributed by atoms with E-state index in [1.165, 1.54) is 14.2 Å². The summed E-state index contributed by atoms with van der Waals surface area (Å²) in [5.74, 6) is 1.86. The van der Waals surface area contributed by atoms with E-state index in [0.717, 1.165) is 18.5 Å². The molecule has 1 aliphatic rings. The fourth-order valence-corrected chi connectivity index (χ4v) is 2.54. The predicted octanol–water partition coefficient (Wildman–Crippen LogP) is 2.98. The molecule has 0 atom stereocenters. The maximum atomic E-state index is 11.8. The standard InChI is InChI=1S/C15H15ClN2O3/c1-20-12-6-9(5-10(16)14(12)21-2)15-17-11(8-3-4-8)7-13(19)18-15/h5-8H,3-4H2,1-2H3,(H,17,18,19). The lowest BCUT2D eigenvalue weighted by atomic mass is 10.1. The first-order chi connectivity index (χ1) is 10.1. The normalized spacial score (nSPS) is 14.0. The Labute approximate surface area is 126 Å². The van der Waals surface area contributed by atoms with Crippen LogP contribution in [0.3, 0.4) is 0 Å². The van der Waals surface area contributed by atoms with Gasteiger partial charge in [0.25, 0.3) is 5.56 Å². The summed E-state index contributed by atoms with van der Waals surface area (Å²) in [6.45, 7) is 0. The first-order valence-corrected chi connectivity index (χ1v) is 7.03. The summed E-state index contributed by atoms with van der Waals surface area (Å²) in [6, 6.07) is 5.01. The number of methoxy groups -OCH3 is 2. The van der Waals surface area contributed by atoms with Crippen molar-refractivity contribution in [1.82, 2.24) is 9.97 Å². The fourth-order valence-electron chi connectivity index (χ4n) is 2.26. The molecular formula is C15H15ClN2O3. The molecule has 0 aliphatic heterocycles. The molecule has 1 saturated carbocycles. The molecule has 1 heterocycles. The number of hydrogen-bond acceptors (Lipinski definition) is 4. The van der Waals surface area contributed by atoms with Crippen molar-refractivity contribution in [3.8, 4) is 22.9 Å². The van der Waals surface area contributed by atoms with Gasteiger partial charge in [-0.1, -0.05) is 11.6 Å². The van der Waals surface area contributed by atoms with Crippen LogP contribution in [0, 0.1) is 0 Å². The third-order valence-corrected chi connectivity index (χ3v) is 3.74. The van der Waals surface area contributed by atoms with Crippen LogP contribution in [-0.4, -0.2) is 24.2 Å². The van der Waals surface area contributed by atoms with Gasteiger partial charge in [-0.2, -0.15) is 0 Å². The van der Waals surface area contributed by atoms with Crippen LogP contribution < -0.4 is 15.0 Å². The zero-order chi connectivity index (χ0) is 15.0. The number of rotatable bonds is 4. The summed E-state index contributed by atoms with van der Waals surface area (Å²) in [7, 11) is 3.06. The largest absolute Gasteiger partial charge is 0.493 e. The van der Waals surface area contributed by atoms with Gasteiger partial charge in [0.1, 0.15) is 5.82 Å². The van der Waals surface area contributed by atoms with Crippen molar-refractivity contribution < 1.29 is 9.47 Å². The van der Waals surface area contributed by atoms with Gasteiger partial charge in [0, 0.05) is 17.5 Å². The zero-order valence-corrected chi connectivity index (χ0v) is 12.5.